The standard InChI is InChI=1S/C23H36N4O7S2/c1-13(2)21-17(28)11-20(31)34-14-6-4-5-9-35-36-12-16(23(33)27-21)26-22(32)15(25-19(30)10-14)7-8-18(29)24-3/h4,6,13-17,21,28H,5,7-12H2,1-3H3,(H,24,29)(H,25,30)(H,26,32)(H,27,33)/b6-4+/t14-,15-,16-,17+,21-/m1/s1. The topological polar surface area (TPSA) is 163 Å². The van der Waals surface area contributed by atoms with Gasteiger partial charge in [0.15, 0.2) is 0 Å². The zero-order valence-electron chi connectivity index (χ0n) is 20.8. The minimum Gasteiger partial charge on any atom is -0.457 e. The first-order valence-corrected chi connectivity index (χ1v) is 14.5. The van der Waals surface area contributed by atoms with Crippen LogP contribution in [0.5, 0.6) is 0 Å². The van der Waals surface area contributed by atoms with Crippen molar-refractivity contribution >= 4 is 51.2 Å². The summed E-state index contributed by atoms with van der Waals surface area (Å²) < 4.78 is 5.48. The summed E-state index contributed by atoms with van der Waals surface area (Å²) in [6.45, 7) is 3.60. The average molecular weight is 545 g/mol. The SMILES string of the molecule is CNC(=O)CC[C@H]1NC(=O)C[C@H]2/C=C/CCSSC[C@@H](NC1=O)C(=O)N[C@H](C(C)C)[C@@H](O)CC(=O)O2. The Morgan fingerprint density at radius 2 is 1.89 bits per heavy atom. The van der Waals surface area contributed by atoms with Crippen LogP contribution >= 0.6 is 21.6 Å². The molecule has 0 aromatic carbocycles. The molecule has 36 heavy (non-hydrogen) atoms. The molecule has 11 nitrogen and oxygen atoms in total. The van der Waals surface area contributed by atoms with Crippen LogP contribution in [0, 0.1) is 5.92 Å². The highest BCUT2D eigenvalue weighted by Gasteiger charge is 2.33. The number of ether oxygens (including phenoxy) is 1. The van der Waals surface area contributed by atoms with Crippen molar-refractivity contribution in [1.82, 2.24) is 21.3 Å². The Labute approximate surface area is 219 Å². The monoisotopic (exact) mass is 544 g/mol. The Morgan fingerprint density at radius 1 is 1.14 bits per heavy atom. The summed E-state index contributed by atoms with van der Waals surface area (Å²) in [5, 5.41) is 21.3. The van der Waals surface area contributed by atoms with E-state index in [2.05, 4.69) is 21.3 Å². The maximum absolute atomic E-state index is 13.2. The second kappa shape index (κ2) is 15.1. The molecular weight excluding hydrogens is 508 g/mol. The molecule has 13 heteroatoms. The third kappa shape index (κ3) is 10.0. The van der Waals surface area contributed by atoms with Gasteiger partial charge in [0.1, 0.15) is 18.2 Å². The first-order chi connectivity index (χ1) is 17.1. The second-order valence-electron chi connectivity index (χ2n) is 9.00. The van der Waals surface area contributed by atoms with Crippen molar-refractivity contribution in [2.75, 3.05) is 18.6 Å². The number of rotatable bonds is 4. The number of aliphatic hydroxyl groups is 1. The molecule has 2 rings (SSSR count). The number of allylic oxidation sites excluding steroid dienone is 1. The van der Waals surface area contributed by atoms with Gasteiger partial charge in [0.25, 0.3) is 0 Å². The van der Waals surface area contributed by atoms with Gasteiger partial charge in [0.05, 0.1) is 25.0 Å². The van der Waals surface area contributed by atoms with Crippen LogP contribution in [0.4, 0.5) is 0 Å². The lowest BCUT2D eigenvalue weighted by Gasteiger charge is -2.29. The van der Waals surface area contributed by atoms with Crippen molar-refractivity contribution in [2.24, 2.45) is 5.92 Å². The summed E-state index contributed by atoms with van der Waals surface area (Å²) in [6, 6.07) is -2.81. The molecule has 202 valence electrons. The highest BCUT2D eigenvalue weighted by atomic mass is 33.1. The maximum Gasteiger partial charge on any atom is 0.309 e. The molecule has 0 aromatic rings. The Kier molecular flexibility index (Phi) is 12.6. The molecule has 1 saturated heterocycles. The molecule has 2 heterocycles. The van der Waals surface area contributed by atoms with Crippen LogP contribution in [0.2, 0.25) is 0 Å². The first-order valence-electron chi connectivity index (χ1n) is 12.0. The van der Waals surface area contributed by atoms with E-state index in [-0.39, 0.29) is 43.3 Å². The zero-order valence-corrected chi connectivity index (χ0v) is 22.4. The van der Waals surface area contributed by atoms with Gasteiger partial charge in [-0.05, 0) is 24.8 Å². The van der Waals surface area contributed by atoms with E-state index in [4.69, 9.17) is 4.74 Å². The summed E-state index contributed by atoms with van der Waals surface area (Å²) in [5.74, 6) is -1.95. The number of esters is 1. The van der Waals surface area contributed by atoms with Gasteiger partial charge in [-0.1, -0.05) is 41.5 Å². The van der Waals surface area contributed by atoms with Crippen molar-refractivity contribution in [3.8, 4) is 0 Å². The van der Waals surface area contributed by atoms with Gasteiger partial charge in [-0.3, -0.25) is 24.0 Å². The third-order valence-corrected chi connectivity index (χ3v) is 8.19. The minimum absolute atomic E-state index is 0.0150. The number of carbonyl (C=O) groups excluding carboxylic acids is 5. The Morgan fingerprint density at radius 3 is 2.58 bits per heavy atom. The molecule has 5 atom stereocenters. The Balaban J connectivity index is 2.45. The zero-order chi connectivity index (χ0) is 26.7. The highest BCUT2D eigenvalue weighted by Crippen LogP contribution is 2.24. The summed E-state index contributed by atoms with van der Waals surface area (Å²) in [4.78, 5) is 63.6. The largest absolute Gasteiger partial charge is 0.457 e. The van der Waals surface area contributed by atoms with Crippen molar-refractivity contribution in [3.63, 3.8) is 0 Å². The van der Waals surface area contributed by atoms with Crippen LogP contribution < -0.4 is 21.3 Å². The van der Waals surface area contributed by atoms with Crippen LogP contribution in [0.25, 0.3) is 0 Å². The molecule has 2 aliphatic rings. The van der Waals surface area contributed by atoms with Gasteiger partial charge < -0.3 is 31.1 Å². The molecule has 0 saturated carbocycles. The lowest BCUT2D eigenvalue weighted by molar-refractivity contribution is -0.151. The van der Waals surface area contributed by atoms with Crippen molar-refractivity contribution in [1.29, 1.82) is 0 Å². The molecule has 0 unspecified atom stereocenters. The molecule has 0 radical (unpaired) electrons. The van der Waals surface area contributed by atoms with Crippen molar-refractivity contribution < 1.29 is 33.8 Å². The highest BCUT2D eigenvalue weighted by molar-refractivity contribution is 8.76. The van der Waals surface area contributed by atoms with Gasteiger partial charge in [-0.2, -0.15) is 0 Å². The van der Waals surface area contributed by atoms with Gasteiger partial charge in [0.2, 0.25) is 23.6 Å². The second-order valence-corrected chi connectivity index (χ2v) is 11.6. The van der Waals surface area contributed by atoms with Crippen LogP contribution in [0.15, 0.2) is 12.2 Å². The van der Waals surface area contributed by atoms with Crippen LogP contribution in [0.3, 0.4) is 0 Å². The fourth-order valence-electron chi connectivity index (χ4n) is 3.74. The van der Waals surface area contributed by atoms with E-state index < -0.39 is 54.0 Å². The predicted octanol–water partition coefficient (Wildman–Crippen LogP) is 0.0308. The fraction of sp³-hybridized carbons (Fsp3) is 0.696. The van der Waals surface area contributed by atoms with E-state index in [1.54, 1.807) is 19.9 Å². The molecule has 0 aromatic heterocycles. The number of nitrogens with one attached hydrogen (secondary N) is 4. The Hall–Kier alpha value is -2.25. The fourth-order valence-corrected chi connectivity index (χ4v) is 5.89. The quantitative estimate of drug-likeness (QED) is 0.187. The number of amides is 4. The summed E-state index contributed by atoms with van der Waals surface area (Å²) in [6.07, 6.45) is 1.35. The number of fused-ring (bicyclic) bond motifs is 7. The van der Waals surface area contributed by atoms with Crippen LogP contribution in [-0.4, -0.2) is 83.6 Å². The molecule has 0 aliphatic carbocycles. The smallest absolute Gasteiger partial charge is 0.309 e. The van der Waals surface area contributed by atoms with Crippen LogP contribution in [0.1, 0.15) is 46.0 Å². The van der Waals surface area contributed by atoms with Crippen molar-refractivity contribution in [2.45, 2.75) is 76.3 Å². The van der Waals surface area contributed by atoms with E-state index in [1.165, 1.54) is 28.6 Å². The molecule has 5 N–H and O–H groups in total. The number of hydrogen-bond donors (Lipinski definition) is 5. The molecule has 4 amide bonds. The van der Waals surface area contributed by atoms with E-state index in [1.807, 2.05) is 6.08 Å². The molecule has 1 fully saturated rings. The summed E-state index contributed by atoms with van der Waals surface area (Å²) in [7, 11) is 4.41. The maximum atomic E-state index is 13.2. The minimum atomic E-state index is -1.23. The van der Waals surface area contributed by atoms with Gasteiger partial charge in [0, 0.05) is 25.0 Å². The Bertz CT molecular complexity index is 839. The van der Waals surface area contributed by atoms with Crippen molar-refractivity contribution in [3.05, 3.63) is 12.2 Å². The molecule has 0 spiro atoms. The molecule has 2 aliphatic heterocycles. The number of hydrogen-bond acceptors (Lipinski definition) is 9. The molecular formula is C23H36N4O7S2. The third-order valence-electron chi connectivity index (χ3n) is 5.75. The summed E-state index contributed by atoms with van der Waals surface area (Å²) in [5.41, 5.74) is 0. The van der Waals surface area contributed by atoms with E-state index in [0.717, 1.165) is 0 Å². The lowest BCUT2D eigenvalue weighted by Crippen LogP contribution is -2.58. The molecule has 2 bridgehead atoms. The number of aliphatic hydroxyl groups excluding tert-OH is 1. The van der Waals surface area contributed by atoms with Gasteiger partial charge >= 0.3 is 5.97 Å². The van der Waals surface area contributed by atoms with Gasteiger partial charge in [-0.15, -0.1) is 0 Å². The normalized spacial score (nSPS) is 30.0. The first kappa shape index (κ1) is 30.0. The van der Waals surface area contributed by atoms with Crippen LogP contribution in [-0.2, 0) is 28.7 Å². The van der Waals surface area contributed by atoms with E-state index in [0.29, 0.717) is 12.2 Å². The van der Waals surface area contributed by atoms with Gasteiger partial charge in [-0.25, -0.2) is 0 Å². The predicted molar refractivity (Wildman–Crippen MR) is 138 cm³/mol. The summed E-state index contributed by atoms with van der Waals surface area (Å²) >= 11 is 0. The average Bonchev–Trinajstić information content (AvgIpc) is 2.81. The number of carbonyl (C=O) groups is 5. The van der Waals surface area contributed by atoms with E-state index >= 15 is 0 Å². The lowest BCUT2D eigenvalue weighted by atomic mass is 9.96. The van der Waals surface area contributed by atoms with E-state index in [9.17, 15) is 29.1 Å².